The zero-order chi connectivity index (χ0) is 17.5. The maximum Gasteiger partial charge on any atom is 0.344 e. The third-order valence-electron chi connectivity index (χ3n) is 3.46. The van der Waals surface area contributed by atoms with Crippen molar-refractivity contribution in [2.24, 2.45) is 0 Å². The van der Waals surface area contributed by atoms with Gasteiger partial charge in [0.05, 0.1) is 0 Å². The lowest BCUT2D eigenvalue weighted by atomic mass is 10.1. The van der Waals surface area contributed by atoms with Crippen LogP contribution >= 0.6 is 11.6 Å². The molecule has 0 saturated carbocycles. The summed E-state index contributed by atoms with van der Waals surface area (Å²) < 4.78 is 11.1. The summed E-state index contributed by atoms with van der Waals surface area (Å²) in [5.74, 6) is 0.222. The van der Waals surface area contributed by atoms with Gasteiger partial charge in [0.2, 0.25) is 0 Å². The fourth-order valence-corrected chi connectivity index (χ4v) is 2.54. The number of benzene rings is 2. The van der Waals surface area contributed by atoms with Crippen LogP contribution in [-0.4, -0.2) is 38.1 Å². The molecule has 0 fully saturated rings. The molecule has 0 aromatic heterocycles. The number of carbonyl (C=O) groups is 1. The highest BCUT2D eigenvalue weighted by atomic mass is 35.5. The van der Waals surface area contributed by atoms with E-state index in [2.05, 4.69) is 0 Å². The Labute approximate surface area is 147 Å². The lowest BCUT2D eigenvalue weighted by Crippen LogP contribution is -2.26. The molecule has 0 radical (unpaired) electrons. The van der Waals surface area contributed by atoms with E-state index < -0.39 is 5.97 Å². The number of carbonyl (C=O) groups excluding carboxylic acids is 1. The Morgan fingerprint density at radius 3 is 2.50 bits per heavy atom. The average Bonchev–Trinajstić information content (AvgIpc) is 2.54. The molecule has 0 N–H and O–H groups in total. The fourth-order valence-electron chi connectivity index (χ4n) is 2.31. The standard InChI is InChI=1S/C19H22ClNO3/c1-14-11-16(20)9-10-17(14)23-13-19(22)24-18(12-21(2)3)15-7-5-4-6-8-15/h4-11,18H,12-13H2,1-3H3. The van der Waals surface area contributed by atoms with Gasteiger partial charge >= 0.3 is 5.97 Å². The molecule has 1 unspecified atom stereocenters. The van der Waals surface area contributed by atoms with E-state index in [0.29, 0.717) is 17.3 Å². The monoisotopic (exact) mass is 347 g/mol. The Morgan fingerprint density at radius 2 is 1.88 bits per heavy atom. The zero-order valence-corrected chi connectivity index (χ0v) is 14.9. The van der Waals surface area contributed by atoms with Crippen LogP contribution in [-0.2, 0) is 9.53 Å². The summed E-state index contributed by atoms with van der Waals surface area (Å²) in [5.41, 5.74) is 1.84. The van der Waals surface area contributed by atoms with E-state index in [0.717, 1.165) is 11.1 Å². The largest absolute Gasteiger partial charge is 0.482 e. The number of ether oxygens (including phenoxy) is 2. The molecule has 2 aromatic carbocycles. The number of hydrogen-bond donors (Lipinski definition) is 0. The summed E-state index contributed by atoms with van der Waals surface area (Å²) in [6.07, 6.45) is -0.330. The first-order valence-corrected chi connectivity index (χ1v) is 8.11. The quantitative estimate of drug-likeness (QED) is 0.713. The number of nitrogens with zero attached hydrogens (tertiary/aromatic N) is 1. The first kappa shape index (κ1) is 18.3. The molecule has 0 saturated heterocycles. The van der Waals surface area contributed by atoms with Crippen LogP contribution in [0.15, 0.2) is 48.5 Å². The van der Waals surface area contributed by atoms with Crippen LogP contribution in [0.5, 0.6) is 5.75 Å². The molecule has 0 spiro atoms. The van der Waals surface area contributed by atoms with Crippen molar-refractivity contribution in [3.05, 3.63) is 64.7 Å². The first-order chi connectivity index (χ1) is 11.5. The third-order valence-corrected chi connectivity index (χ3v) is 3.69. The second kappa shape index (κ2) is 8.71. The molecule has 5 heteroatoms. The van der Waals surface area contributed by atoms with Crippen LogP contribution in [0.3, 0.4) is 0 Å². The number of aryl methyl sites for hydroxylation is 1. The predicted molar refractivity (Wildman–Crippen MR) is 95.5 cm³/mol. The average molecular weight is 348 g/mol. The van der Waals surface area contributed by atoms with Gasteiger partial charge in [0.25, 0.3) is 0 Å². The van der Waals surface area contributed by atoms with Gasteiger partial charge in [0.15, 0.2) is 6.61 Å². The third kappa shape index (κ3) is 5.55. The number of halogens is 1. The van der Waals surface area contributed by atoms with E-state index in [1.54, 1.807) is 18.2 Å². The maximum absolute atomic E-state index is 12.2. The molecule has 4 nitrogen and oxygen atoms in total. The molecule has 0 amide bonds. The Balaban J connectivity index is 1.97. The lowest BCUT2D eigenvalue weighted by Gasteiger charge is -2.22. The van der Waals surface area contributed by atoms with Crippen molar-refractivity contribution in [2.45, 2.75) is 13.0 Å². The topological polar surface area (TPSA) is 38.8 Å². The predicted octanol–water partition coefficient (Wildman–Crippen LogP) is 3.87. The van der Waals surface area contributed by atoms with Gasteiger partial charge in [0, 0.05) is 11.6 Å². The Kier molecular flexibility index (Phi) is 6.64. The minimum absolute atomic E-state index is 0.140. The van der Waals surface area contributed by atoms with Crippen molar-refractivity contribution in [1.29, 1.82) is 0 Å². The normalized spacial score (nSPS) is 12.0. The zero-order valence-electron chi connectivity index (χ0n) is 14.2. The van der Waals surface area contributed by atoms with Crippen molar-refractivity contribution >= 4 is 17.6 Å². The molecular weight excluding hydrogens is 326 g/mol. The molecule has 0 bridgehead atoms. The van der Waals surface area contributed by atoms with Crippen molar-refractivity contribution in [2.75, 3.05) is 27.2 Å². The van der Waals surface area contributed by atoms with Crippen molar-refractivity contribution in [3.63, 3.8) is 0 Å². The van der Waals surface area contributed by atoms with Crippen molar-refractivity contribution in [1.82, 2.24) is 4.90 Å². The van der Waals surface area contributed by atoms with Crippen LogP contribution in [0.25, 0.3) is 0 Å². The molecule has 2 rings (SSSR count). The molecule has 24 heavy (non-hydrogen) atoms. The Hall–Kier alpha value is -2.04. The van der Waals surface area contributed by atoms with Crippen molar-refractivity contribution < 1.29 is 14.3 Å². The summed E-state index contributed by atoms with van der Waals surface area (Å²) in [5, 5.41) is 0.637. The van der Waals surface area contributed by atoms with E-state index in [-0.39, 0.29) is 12.7 Å². The fraction of sp³-hybridized carbons (Fsp3) is 0.316. The summed E-state index contributed by atoms with van der Waals surface area (Å²) in [6.45, 7) is 2.35. The van der Waals surface area contributed by atoms with E-state index >= 15 is 0 Å². The highest BCUT2D eigenvalue weighted by Gasteiger charge is 2.18. The van der Waals surface area contributed by atoms with Crippen LogP contribution < -0.4 is 4.74 Å². The van der Waals surface area contributed by atoms with Gasteiger partial charge < -0.3 is 14.4 Å². The van der Waals surface area contributed by atoms with E-state index in [4.69, 9.17) is 21.1 Å². The Bertz CT molecular complexity index is 674. The molecule has 0 aliphatic carbocycles. The molecule has 0 aliphatic rings. The van der Waals surface area contributed by atoms with Gasteiger partial charge in [-0.1, -0.05) is 41.9 Å². The highest BCUT2D eigenvalue weighted by molar-refractivity contribution is 6.30. The number of hydrogen-bond acceptors (Lipinski definition) is 4. The summed E-state index contributed by atoms with van der Waals surface area (Å²) in [6, 6.07) is 15.0. The molecular formula is C19H22ClNO3. The first-order valence-electron chi connectivity index (χ1n) is 7.74. The van der Waals surface area contributed by atoms with Gasteiger partial charge in [-0.25, -0.2) is 4.79 Å². The van der Waals surface area contributed by atoms with Crippen molar-refractivity contribution in [3.8, 4) is 5.75 Å². The smallest absolute Gasteiger partial charge is 0.344 e. The van der Waals surface area contributed by atoms with Crippen LogP contribution in [0, 0.1) is 6.92 Å². The Morgan fingerprint density at radius 1 is 1.17 bits per heavy atom. The number of esters is 1. The van der Waals surface area contributed by atoms with Gasteiger partial charge in [-0.2, -0.15) is 0 Å². The van der Waals surface area contributed by atoms with E-state index in [1.165, 1.54) is 0 Å². The van der Waals surface area contributed by atoms with E-state index in [1.807, 2.05) is 56.3 Å². The summed E-state index contributed by atoms with van der Waals surface area (Å²) in [4.78, 5) is 14.1. The van der Waals surface area contributed by atoms with E-state index in [9.17, 15) is 4.79 Å². The summed E-state index contributed by atoms with van der Waals surface area (Å²) in [7, 11) is 3.88. The molecule has 0 heterocycles. The SMILES string of the molecule is Cc1cc(Cl)ccc1OCC(=O)OC(CN(C)C)c1ccccc1. The lowest BCUT2D eigenvalue weighted by molar-refractivity contribution is -0.152. The summed E-state index contributed by atoms with van der Waals surface area (Å²) >= 11 is 5.91. The van der Waals surface area contributed by atoms with Gasteiger partial charge in [0.1, 0.15) is 11.9 Å². The van der Waals surface area contributed by atoms with Crippen LogP contribution in [0.1, 0.15) is 17.2 Å². The van der Waals surface area contributed by atoms with Crippen LogP contribution in [0.2, 0.25) is 5.02 Å². The van der Waals surface area contributed by atoms with Gasteiger partial charge in [-0.3, -0.25) is 0 Å². The highest BCUT2D eigenvalue weighted by Crippen LogP contribution is 2.22. The minimum atomic E-state index is -0.403. The molecule has 1 atom stereocenters. The van der Waals surface area contributed by atoms with Crippen LogP contribution in [0.4, 0.5) is 0 Å². The number of likely N-dealkylation sites (N-methyl/N-ethyl adjacent to an activating group) is 1. The second-order valence-electron chi connectivity index (χ2n) is 5.85. The molecule has 2 aromatic rings. The minimum Gasteiger partial charge on any atom is -0.482 e. The molecule has 128 valence electrons. The van der Waals surface area contributed by atoms with Gasteiger partial charge in [-0.15, -0.1) is 0 Å². The maximum atomic E-state index is 12.2. The molecule has 0 aliphatic heterocycles. The second-order valence-corrected chi connectivity index (χ2v) is 6.29. The number of rotatable bonds is 7. The van der Waals surface area contributed by atoms with Gasteiger partial charge in [-0.05, 0) is 50.3 Å².